The summed E-state index contributed by atoms with van der Waals surface area (Å²) in [5, 5.41) is 11.4. The fourth-order valence-corrected chi connectivity index (χ4v) is 4.65. The van der Waals surface area contributed by atoms with Crippen molar-refractivity contribution in [3.63, 3.8) is 0 Å². The van der Waals surface area contributed by atoms with Crippen molar-refractivity contribution in [2.75, 3.05) is 11.1 Å². The summed E-state index contributed by atoms with van der Waals surface area (Å²) in [7, 11) is 0. The molecule has 174 valence electrons. The van der Waals surface area contributed by atoms with Gasteiger partial charge in [-0.15, -0.1) is 28.5 Å². The van der Waals surface area contributed by atoms with E-state index >= 15 is 0 Å². The third-order valence-electron chi connectivity index (χ3n) is 4.35. The highest BCUT2D eigenvalue weighted by atomic mass is 35.5. The van der Waals surface area contributed by atoms with Crippen molar-refractivity contribution in [1.82, 2.24) is 14.8 Å². The molecule has 0 saturated heterocycles. The van der Waals surface area contributed by atoms with Gasteiger partial charge >= 0.3 is 6.18 Å². The molecule has 0 saturated carbocycles. The first-order valence-electron chi connectivity index (χ1n) is 9.72. The zero-order valence-electron chi connectivity index (χ0n) is 17.3. The first kappa shape index (κ1) is 25.2. The third kappa shape index (κ3) is 7.28. The summed E-state index contributed by atoms with van der Waals surface area (Å²) < 4.78 is 40.6. The molecular weight excluding hydrogens is 493 g/mol. The quantitative estimate of drug-likeness (QED) is 0.255. The number of anilines is 1. The van der Waals surface area contributed by atoms with Gasteiger partial charge in [0.25, 0.3) is 0 Å². The SMILES string of the molecule is C=CCn1c(CSCc2ccccc2)nnc1SCC(=O)Nc1cc(C(F)(F)F)ccc1Cl. The molecule has 0 spiro atoms. The molecular formula is C22H20ClF3N4OS2. The van der Waals surface area contributed by atoms with Crippen molar-refractivity contribution >= 4 is 46.7 Å². The minimum atomic E-state index is -4.53. The van der Waals surface area contributed by atoms with Gasteiger partial charge in [0.05, 0.1) is 27.8 Å². The van der Waals surface area contributed by atoms with Gasteiger partial charge in [0.15, 0.2) is 5.16 Å². The molecule has 33 heavy (non-hydrogen) atoms. The predicted molar refractivity (Wildman–Crippen MR) is 127 cm³/mol. The average Bonchev–Trinajstić information content (AvgIpc) is 3.15. The fourth-order valence-electron chi connectivity index (χ4n) is 2.79. The molecule has 2 aromatic carbocycles. The molecule has 0 aliphatic carbocycles. The van der Waals surface area contributed by atoms with E-state index in [-0.39, 0.29) is 16.5 Å². The van der Waals surface area contributed by atoms with Crippen LogP contribution >= 0.6 is 35.1 Å². The molecule has 1 heterocycles. The lowest BCUT2D eigenvalue weighted by molar-refractivity contribution is -0.137. The Morgan fingerprint density at radius 1 is 1.15 bits per heavy atom. The summed E-state index contributed by atoms with van der Waals surface area (Å²) in [6.07, 6.45) is -2.82. The molecule has 0 radical (unpaired) electrons. The third-order valence-corrected chi connectivity index (χ3v) is 6.64. The second kappa shape index (κ2) is 11.6. The number of thioether (sulfide) groups is 2. The molecule has 1 aromatic heterocycles. The van der Waals surface area contributed by atoms with E-state index in [0.717, 1.165) is 41.5 Å². The first-order valence-corrected chi connectivity index (χ1v) is 12.2. The standard InChI is InChI=1S/C22H20ClF3N4OS2/c1-2-10-30-19(13-32-12-15-6-4-3-5-7-15)28-29-21(30)33-14-20(31)27-18-11-16(22(24,25)26)8-9-17(18)23/h2-9,11H,1,10,12-14H2,(H,27,31). The van der Waals surface area contributed by atoms with Crippen LogP contribution in [-0.2, 0) is 29.0 Å². The predicted octanol–water partition coefficient (Wildman–Crippen LogP) is 6.30. The molecule has 3 aromatic rings. The van der Waals surface area contributed by atoms with Crippen LogP contribution in [0.2, 0.25) is 5.02 Å². The van der Waals surface area contributed by atoms with E-state index in [1.807, 2.05) is 22.8 Å². The minimum Gasteiger partial charge on any atom is -0.324 e. The van der Waals surface area contributed by atoms with Gasteiger partial charge in [0.1, 0.15) is 5.82 Å². The van der Waals surface area contributed by atoms with Crippen molar-refractivity contribution in [2.24, 2.45) is 0 Å². The number of alkyl halides is 3. The summed E-state index contributed by atoms with van der Waals surface area (Å²) in [5.74, 6) is 1.63. The number of halogens is 4. The van der Waals surface area contributed by atoms with Crippen LogP contribution in [0.5, 0.6) is 0 Å². The Labute approximate surface area is 202 Å². The highest BCUT2D eigenvalue weighted by molar-refractivity contribution is 7.99. The van der Waals surface area contributed by atoms with Crippen LogP contribution in [0.3, 0.4) is 0 Å². The van der Waals surface area contributed by atoms with E-state index in [4.69, 9.17) is 11.6 Å². The highest BCUT2D eigenvalue weighted by Gasteiger charge is 2.31. The van der Waals surface area contributed by atoms with E-state index in [9.17, 15) is 18.0 Å². The summed E-state index contributed by atoms with van der Waals surface area (Å²) in [5.41, 5.74) is 0.220. The number of amides is 1. The van der Waals surface area contributed by atoms with E-state index in [1.54, 1.807) is 17.8 Å². The summed E-state index contributed by atoms with van der Waals surface area (Å²) >= 11 is 8.77. The molecule has 1 amide bonds. The molecule has 0 unspecified atom stereocenters. The van der Waals surface area contributed by atoms with E-state index < -0.39 is 17.6 Å². The van der Waals surface area contributed by atoms with E-state index in [2.05, 4.69) is 34.2 Å². The number of hydrogen-bond acceptors (Lipinski definition) is 5. The van der Waals surface area contributed by atoms with Crippen molar-refractivity contribution in [2.45, 2.75) is 29.4 Å². The number of carbonyl (C=O) groups is 1. The van der Waals surface area contributed by atoms with Crippen LogP contribution in [-0.4, -0.2) is 26.4 Å². The Morgan fingerprint density at radius 3 is 2.61 bits per heavy atom. The van der Waals surface area contributed by atoms with Crippen LogP contribution in [0.25, 0.3) is 0 Å². The van der Waals surface area contributed by atoms with Gasteiger partial charge in [-0.05, 0) is 23.8 Å². The summed E-state index contributed by atoms with van der Waals surface area (Å²) in [4.78, 5) is 12.4. The number of hydrogen-bond donors (Lipinski definition) is 1. The number of aromatic nitrogens is 3. The molecule has 3 rings (SSSR count). The minimum absolute atomic E-state index is 0.0221. The number of nitrogens with one attached hydrogen (secondary N) is 1. The Kier molecular flexibility index (Phi) is 8.87. The molecule has 0 fully saturated rings. The lowest BCUT2D eigenvalue weighted by Gasteiger charge is -2.12. The van der Waals surface area contributed by atoms with E-state index in [1.165, 1.54) is 5.56 Å². The molecule has 0 aliphatic rings. The number of rotatable bonds is 10. The largest absolute Gasteiger partial charge is 0.416 e. The van der Waals surface area contributed by atoms with Crippen molar-refractivity contribution in [3.8, 4) is 0 Å². The zero-order valence-corrected chi connectivity index (χ0v) is 19.7. The number of carbonyl (C=O) groups excluding carboxylic acids is 1. The van der Waals surface area contributed by atoms with Crippen molar-refractivity contribution in [3.05, 3.63) is 83.2 Å². The lowest BCUT2D eigenvalue weighted by atomic mass is 10.2. The topological polar surface area (TPSA) is 59.8 Å². The fraction of sp³-hybridized carbons (Fsp3) is 0.227. The smallest absolute Gasteiger partial charge is 0.324 e. The molecule has 1 N–H and O–H groups in total. The Morgan fingerprint density at radius 2 is 1.91 bits per heavy atom. The Hall–Kier alpha value is -2.43. The number of nitrogens with zero attached hydrogens (tertiary/aromatic N) is 3. The van der Waals surface area contributed by atoms with Crippen LogP contribution in [0.15, 0.2) is 66.3 Å². The van der Waals surface area contributed by atoms with Crippen LogP contribution in [0, 0.1) is 0 Å². The molecule has 5 nitrogen and oxygen atoms in total. The number of benzene rings is 2. The maximum Gasteiger partial charge on any atom is 0.416 e. The van der Waals surface area contributed by atoms with Crippen molar-refractivity contribution < 1.29 is 18.0 Å². The van der Waals surface area contributed by atoms with Gasteiger partial charge in [-0.2, -0.15) is 13.2 Å². The molecule has 0 aliphatic heterocycles. The number of allylic oxidation sites excluding steroid dienone is 1. The second-order valence-electron chi connectivity index (χ2n) is 6.81. The van der Waals surface area contributed by atoms with Crippen LogP contribution < -0.4 is 5.32 Å². The second-order valence-corrected chi connectivity index (χ2v) is 9.14. The Balaban J connectivity index is 1.60. The van der Waals surface area contributed by atoms with Gasteiger partial charge in [0, 0.05) is 12.3 Å². The highest BCUT2D eigenvalue weighted by Crippen LogP contribution is 2.34. The van der Waals surface area contributed by atoms with Gasteiger partial charge in [-0.1, -0.05) is 59.8 Å². The monoisotopic (exact) mass is 512 g/mol. The summed E-state index contributed by atoms with van der Waals surface area (Å²) in [6, 6.07) is 12.8. The zero-order chi connectivity index (χ0) is 23.8. The lowest BCUT2D eigenvalue weighted by Crippen LogP contribution is -2.16. The maximum absolute atomic E-state index is 12.9. The van der Waals surface area contributed by atoms with Crippen LogP contribution in [0.1, 0.15) is 17.0 Å². The summed E-state index contributed by atoms with van der Waals surface area (Å²) in [6.45, 7) is 4.23. The maximum atomic E-state index is 12.9. The molecule has 0 bridgehead atoms. The first-order chi connectivity index (χ1) is 15.8. The van der Waals surface area contributed by atoms with Crippen LogP contribution in [0.4, 0.5) is 18.9 Å². The Bertz CT molecular complexity index is 1110. The molecule has 0 atom stereocenters. The van der Waals surface area contributed by atoms with Gasteiger partial charge < -0.3 is 9.88 Å². The normalized spacial score (nSPS) is 11.4. The van der Waals surface area contributed by atoms with Gasteiger partial charge in [0.2, 0.25) is 5.91 Å². The van der Waals surface area contributed by atoms with Gasteiger partial charge in [-0.25, -0.2) is 0 Å². The van der Waals surface area contributed by atoms with E-state index in [0.29, 0.717) is 17.5 Å². The molecule has 11 heteroatoms. The van der Waals surface area contributed by atoms with Gasteiger partial charge in [-0.3, -0.25) is 4.79 Å². The van der Waals surface area contributed by atoms with Crippen molar-refractivity contribution in [1.29, 1.82) is 0 Å². The average molecular weight is 513 g/mol.